The molecule has 31 heavy (non-hydrogen) atoms. The topological polar surface area (TPSA) is 75.6 Å². The number of esters is 1. The van der Waals surface area contributed by atoms with Crippen LogP contribution in [0, 0.1) is 13.8 Å². The van der Waals surface area contributed by atoms with Crippen molar-refractivity contribution >= 4 is 22.6 Å². The summed E-state index contributed by atoms with van der Waals surface area (Å²) in [5.41, 5.74) is 2.79. The van der Waals surface area contributed by atoms with Gasteiger partial charge in [-0.1, -0.05) is 36.4 Å². The van der Waals surface area contributed by atoms with Crippen molar-refractivity contribution in [2.24, 2.45) is 0 Å². The molecule has 0 heterocycles. The van der Waals surface area contributed by atoms with E-state index in [1.54, 1.807) is 39.8 Å². The monoisotopic (exact) mass is 419 g/mol. The zero-order chi connectivity index (χ0) is 22.9. The molecule has 2 N–H and O–H groups in total. The van der Waals surface area contributed by atoms with Gasteiger partial charge < -0.3 is 15.2 Å². The van der Waals surface area contributed by atoms with Crippen LogP contribution in [-0.4, -0.2) is 28.6 Å². The number of phenolic OH excluding ortho intramolecular Hbond substituents is 1. The Morgan fingerprint density at radius 1 is 1.00 bits per heavy atom. The maximum Gasteiger partial charge on any atom is 0.328 e. The number of carbonyl (C=O) groups is 2. The van der Waals surface area contributed by atoms with Crippen LogP contribution in [0.5, 0.6) is 5.75 Å². The molecule has 0 spiro atoms. The smallest absolute Gasteiger partial charge is 0.328 e. The van der Waals surface area contributed by atoms with Gasteiger partial charge in [0.1, 0.15) is 17.4 Å². The Balaban J connectivity index is 2.11. The number of amides is 1. The van der Waals surface area contributed by atoms with E-state index in [0.717, 1.165) is 21.9 Å². The molecule has 0 aliphatic carbocycles. The highest BCUT2D eigenvalue weighted by atomic mass is 16.6. The van der Waals surface area contributed by atoms with E-state index in [4.69, 9.17) is 4.74 Å². The molecule has 0 saturated carbocycles. The molecule has 0 unspecified atom stereocenters. The standard InChI is InChI=1S/C26H29NO4/c1-15-13-16(2)22(21(28)14-15)23-19-10-8-7-9-18(19)11-12-20(23)24(29)27-17(3)25(30)31-26(4,5)6/h7-14,17,28H,1-6H3,(H,27,29)/t17-/m0/s1. The van der Waals surface area contributed by atoms with Crippen molar-refractivity contribution in [3.8, 4) is 16.9 Å². The Hall–Kier alpha value is -3.34. The van der Waals surface area contributed by atoms with Gasteiger partial charge in [0.05, 0.1) is 0 Å². The summed E-state index contributed by atoms with van der Waals surface area (Å²) in [7, 11) is 0. The summed E-state index contributed by atoms with van der Waals surface area (Å²) in [5, 5.41) is 15.3. The number of benzene rings is 3. The van der Waals surface area contributed by atoms with Crippen molar-refractivity contribution in [1.82, 2.24) is 5.32 Å². The summed E-state index contributed by atoms with van der Waals surface area (Å²) in [6.45, 7) is 10.8. The molecule has 5 nitrogen and oxygen atoms in total. The number of hydrogen-bond donors (Lipinski definition) is 2. The van der Waals surface area contributed by atoms with Gasteiger partial charge in [-0.25, -0.2) is 4.79 Å². The van der Waals surface area contributed by atoms with Crippen LogP contribution in [0.25, 0.3) is 21.9 Å². The highest BCUT2D eigenvalue weighted by molar-refractivity contribution is 6.11. The SMILES string of the molecule is Cc1cc(C)c(-c2c(C(=O)N[C@@H](C)C(=O)OC(C)(C)C)ccc3ccccc23)c(O)c1. The quantitative estimate of drug-likeness (QED) is 0.564. The van der Waals surface area contributed by atoms with Crippen LogP contribution >= 0.6 is 0 Å². The van der Waals surface area contributed by atoms with Crippen LogP contribution in [-0.2, 0) is 9.53 Å². The molecule has 1 atom stereocenters. The van der Waals surface area contributed by atoms with E-state index in [0.29, 0.717) is 16.7 Å². The van der Waals surface area contributed by atoms with E-state index in [1.165, 1.54) is 0 Å². The lowest BCUT2D eigenvalue weighted by Crippen LogP contribution is -2.42. The Bertz CT molecular complexity index is 1130. The zero-order valence-electron chi connectivity index (χ0n) is 18.9. The molecule has 0 aliphatic heterocycles. The third kappa shape index (κ3) is 4.88. The number of ether oxygens (including phenoxy) is 1. The lowest BCUT2D eigenvalue weighted by molar-refractivity contribution is -0.156. The maximum atomic E-state index is 13.3. The first-order chi connectivity index (χ1) is 14.5. The lowest BCUT2D eigenvalue weighted by atomic mass is 9.89. The number of phenols is 1. The number of aromatic hydroxyl groups is 1. The van der Waals surface area contributed by atoms with E-state index >= 15 is 0 Å². The highest BCUT2D eigenvalue weighted by Crippen LogP contribution is 2.40. The summed E-state index contributed by atoms with van der Waals surface area (Å²) in [6, 6.07) is 14.2. The van der Waals surface area contributed by atoms with E-state index in [9.17, 15) is 14.7 Å². The number of carbonyl (C=O) groups excluding carboxylic acids is 2. The van der Waals surface area contributed by atoms with Crippen molar-refractivity contribution in [3.05, 3.63) is 65.2 Å². The van der Waals surface area contributed by atoms with Crippen molar-refractivity contribution in [2.45, 2.75) is 53.2 Å². The summed E-state index contributed by atoms with van der Waals surface area (Å²) < 4.78 is 5.38. The van der Waals surface area contributed by atoms with Gasteiger partial charge in [0.15, 0.2) is 0 Å². The van der Waals surface area contributed by atoms with Crippen LogP contribution in [0.2, 0.25) is 0 Å². The highest BCUT2D eigenvalue weighted by Gasteiger charge is 2.26. The van der Waals surface area contributed by atoms with Gasteiger partial charge in [0, 0.05) is 16.7 Å². The molecule has 5 heteroatoms. The van der Waals surface area contributed by atoms with Gasteiger partial charge >= 0.3 is 5.97 Å². The Morgan fingerprint density at radius 2 is 1.68 bits per heavy atom. The fourth-order valence-corrected chi connectivity index (χ4v) is 3.72. The van der Waals surface area contributed by atoms with Crippen LogP contribution in [0.3, 0.4) is 0 Å². The summed E-state index contributed by atoms with van der Waals surface area (Å²) >= 11 is 0. The first-order valence-corrected chi connectivity index (χ1v) is 10.3. The second-order valence-electron chi connectivity index (χ2n) is 8.91. The number of fused-ring (bicyclic) bond motifs is 1. The molecule has 3 aromatic rings. The summed E-state index contributed by atoms with van der Waals surface area (Å²) in [5.74, 6) is -0.792. The molecule has 3 rings (SSSR count). The van der Waals surface area contributed by atoms with Crippen LogP contribution in [0.4, 0.5) is 0 Å². The Morgan fingerprint density at radius 3 is 2.32 bits per heavy atom. The Labute approximate surface area is 183 Å². The minimum Gasteiger partial charge on any atom is -0.507 e. The molecule has 162 valence electrons. The van der Waals surface area contributed by atoms with E-state index in [-0.39, 0.29) is 5.75 Å². The molecule has 0 aromatic heterocycles. The summed E-state index contributed by atoms with van der Waals surface area (Å²) in [4.78, 5) is 25.6. The molecule has 0 fully saturated rings. The third-order valence-corrected chi connectivity index (χ3v) is 4.99. The molecule has 3 aromatic carbocycles. The van der Waals surface area contributed by atoms with Crippen LogP contribution in [0.1, 0.15) is 49.2 Å². The normalized spacial score (nSPS) is 12.5. The second kappa shape index (κ2) is 8.42. The van der Waals surface area contributed by atoms with Crippen molar-refractivity contribution in [3.63, 3.8) is 0 Å². The van der Waals surface area contributed by atoms with E-state index in [1.807, 2.05) is 50.2 Å². The third-order valence-electron chi connectivity index (χ3n) is 4.99. The van der Waals surface area contributed by atoms with Crippen LogP contribution in [0.15, 0.2) is 48.5 Å². The zero-order valence-corrected chi connectivity index (χ0v) is 18.9. The van der Waals surface area contributed by atoms with Crippen LogP contribution < -0.4 is 5.32 Å². The van der Waals surface area contributed by atoms with Gasteiger partial charge in [0.2, 0.25) is 0 Å². The molecular weight excluding hydrogens is 390 g/mol. The maximum absolute atomic E-state index is 13.3. The molecule has 0 bridgehead atoms. The first kappa shape index (κ1) is 22.3. The predicted molar refractivity (Wildman–Crippen MR) is 123 cm³/mol. The molecule has 0 saturated heterocycles. The molecule has 0 radical (unpaired) electrons. The van der Waals surface area contributed by atoms with E-state index in [2.05, 4.69) is 5.32 Å². The number of aryl methyl sites for hydroxylation is 2. The average Bonchev–Trinajstić information content (AvgIpc) is 2.65. The van der Waals surface area contributed by atoms with Gasteiger partial charge in [-0.3, -0.25) is 4.79 Å². The summed E-state index contributed by atoms with van der Waals surface area (Å²) in [6.07, 6.45) is 0. The van der Waals surface area contributed by atoms with Gasteiger partial charge in [-0.2, -0.15) is 0 Å². The van der Waals surface area contributed by atoms with Crippen molar-refractivity contribution in [1.29, 1.82) is 0 Å². The number of nitrogens with one attached hydrogen (secondary N) is 1. The fraction of sp³-hybridized carbons (Fsp3) is 0.308. The fourth-order valence-electron chi connectivity index (χ4n) is 3.72. The molecule has 1 amide bonds. The Kier molecular flexibility index (Phi) is 6.07. The van der Waals surface area contributed by atoms with Gasteiger partial charge in [-0.05, 0) is 75.6 Å². The second-order valence-corrected chi connectivity index (χ2v) is 8.91. The number of hydrogen-bond acceptors (Lipinski definition) is 4. The van der Waals surface area contributed by atoms with Crippen molar-refractivity contribution in [2.75, 3.05) is 0 Å². The number of rotatable bonds is 4. The largest absolute Gasteiger partial charge is 0.507 e. The van der Waals surface area contributed by atoms with E-state index < -0.39 is 23.5 Å². The van der Waals surface area contributed by atoms with Crippen molar-refractivity contribution < 1.29 is 19.4 Å². The first-order valence-electron chi connectivity index (χ1n) is 10.3. The van der Waals surface area contributed by atoms with Gasteiger partial charge in [0.25, 0.3) is 5.91 Å². The average molecular weight is 420 g/mol. The minimum atomic E-state index is -0.821. The molecular formula is C26H29NO4. The predicted octanol–water partition coefficient (Wildman–Crippen LogP) is 5.29. The molecule has 0 aliphatic rings. The van der Waals surface area contributed by atoms with Gasteiger partial charge in [-0.15, -0.1) is 0 Å². The minimum absolute atomic E-state index is 0.114. The lowest BCUT2D eigenvalue weighted by Gasteiger charge is -2.23.